The van der Waals surface area contributed by atoms with Gasteiger partial charge in [0.25, 0.3) is 0 Å². The number of halogens is 2. The zero-order chi connectivity index (χ0) is 19.9. The number of hydrogen-bond acceptors (Lipinski definition) is 3. The van der Waals surface area contributed by atoms with Crippen LogP contribution in [0.3, 0.4) is 0 Å². The van der Waals surface area contributed by atoms with Crippen LogP contribution < -0.4 is 4.74 Å². The number of ether oxygens (including phenoxy) is 1. The molecule has 2 aromatic carbocycles. The van der Waals surface area contributed by atoms with Crippen LogP contribution in [0.4, 0.5) is 4.79 Å². The van der Waals surface area contributed by atoms with E-state index >= 15 is 0 Å². The molecule has 4 rings (SSSR count). The maximum atomic E-state index is 11.6. The molecule has 150 valence electrons. The van der Waals surface area contributed by atoms with Crippen molar-refractivity contribution >= 4 is 38.5 Å². The summed E-state index contributed by atoms with van der Waals surface area (Å²) in [6.07, 6.45) is 3.95. The van der Waals surface area contributed by atoms with Crippen molar-refractivity contribution in [1.29, 1.82) is 0 Å². The van der Waals surface area contributed by atoms with Crippen LogP contribution in [0.25, 0.3) is 0 Å². The van der Waals surface area contributed by atoms with Crippen molar-refractivity contribution in [1.82, 2.24) is 4.90 Å². The molecule has 1 heterocycles. The Bertz CT molecular complexity index is 902. The first-order chi connectivity index (χ1) is 13.4. The molecule has 1 aliphatic heterocycles. The quantitative estimate of drug-likeness (QED) is 0.639. The Hall–Kier alpha value is -1.40. The molecule has 0 aromatic heterocycles. The fraction of sp³-hybridized carbons (Fsp3) is 0.381. The van der Waals surface area contributed by atoms with Gasteiger partial charge in [-0.2, -0.15) is 0 Å². The largest absolute Gasteiger partial charge is 0.489 e. The smallest absolute Gasteiger partial charge is 0.348 e. The summed E-state index contributed by atoms with van der Waals surface area (Å²) in [5.74, 6) is 2.28. The summed E-state index contributed by atoms with van der Waals surface area (Å²) in [7, 11) is -1.57. The van der Waals surface area contributed by atoms with Crippen molar-refractivity contribution in [2.45, 2.75) is 25.5 Å². The van der Waals surface area contributed by atoms with Gasteiger partial charge in [0, 0.05) is 39.8 Å². The molecule has 2 aromatic rings. The van der Waals surface area contributed by atoms with Gasteiger partial charge in [0.15, 0.2) is 0 Å². The highest BCUT2D eigenvalue weighted by atomic mass is 35.5. The van der Waals surface area contributed by atoms with Crippen molar-refractivity contribution in [2.75, 3.05) is 24.4 Å². The maximum Gasteiger partial charge on any atom is 0.348 e. The molecule has 0 bridgehead atoms. The second kappa shape index (κ2) is 7.79. The van der Waals surface area contributed by atoms with E-state index in [0.29, 0.717) is 28.6 Å². The summed E-state index contributed by atoms with van der Waals surface area (Å²) >= 11 is 12.4. The van der Waals surface area contributed by atoms with Crippen LogP contribution >= 0.6 is 33.2 Å². The fourth-order valence-corrected chi connectivity index (χ4v) is 6.67. The molecular weight excluding hydrogens is 417 g/mol. The third-order valence-corrected chi connectivity index (χ3v) is 9.28. The maximum absolute atomic E-state index is 11.6. The van der Waals surface area contributed by atoms with Gasteiger partial charge in [-0.1, -0.05) is 35.3 Å². The van der Waals surface area contributed by atoms with Gasteiger partial charge in [0.1, 0.15) is 12.4 Å². The minimum Gasteiger partial charge on any atom is -0.489 e. The van der Waals surface area contributed by atoms with E-state index in [0.717, 1.165) is 36.5 Å². The summed E-state index contributed by atoms with van der Waals surface area (Å²) in [5.41, 5.74) is 3.38. The molecule has 1 saturated heterocycles. The number of fused-ring (bicyclic) bond motifs is 1. The lowest BCUT2D eigenvalue weighted by molar-refractivity contribution is 0.220. The first-order valence-electron chi connectivity index (χ1n) is 9.26. The molecule has 2 aliphatic rings. The average Bonchev–Trinajstić information content (AvgIpc) is 3.25. The molecule has 0 spiro atoms. The highest BCUT2D eigenvalue weighted by Gasteiger charge is 2.40. The standard InChI is InChI=1S/C21H23Cl2NO3S/c1-28(21(25)26)10-9-24(13-28)20-8-5-14-11-15(6-7-16(14)20)27-12-17-18(22)3-2-4-19(17)23/h2-4,6-7,11,20H,5,8-10,12-13H2,1H3,(H,25,26). The third kappa shape index (κ3) is 3.73. The Kier molecular flexibility index (Phi) is 5.53. The zero-order valence-electron chi connectivity index (χ0n) is 15.7. The van der Waals surface area contributed by atoms with Crippen molar-refractivity contribution in [3.63, 3.8) is 0 Å². The van der Waals surface area contributed by atoms with Crippen LogP contribution in [0.5, 0.6) is 5.75 Å². The van der Waals surface area contributed by atoms with E-state index in [1.54, 1.807) is 0 Å². The first kappa shape index (κ1) is 19.9. The summed E-state index contributed by atoms with van der Waals surface area (Å²) in [6.45, 7) is 1.19. The van der Waals surface area contributed by atoms with E-state index in [1.807, 2.05) is 30.5 Å². The minimum absolute atomic E-state index is 0.315. The molecule has 0 radical (unpaired) electrons. The second-order valence-electron chi connectivity index (χ2n) is 7.59. The SMILES string of the molecule is CS1(C(=O)O)CCN(C2CCc3cc(OCc4c(Cl)cccc4Cl)ccc32)C1. The van der Waals surface area contributed by atoms with Crippen LogP contribution in [0, 0.1) is 0 Å². The lowest BCUT2D eigenvalue weighted by Crippen LogP contribution is -2.25. The Balaban J connectivity index is 1.46. The van der Waals surface area contributed by atoms with E-state index < -0.39 is 15.3 Å². The Morgan fingerprint density at radius 1 is 1.29 bits per heavy atom. The molecule has 4 nitrogen and oxygen atoms in total. The zero-order valence-corrected chi connectivity index (χ0v) is 18.0. The number of carboxylic acid groups (broad SMARTS) is 1. The number of aryl methyl sites for hydroxylation is 1. The summed E-state index contributed by atoms with van der Waals surface area (Å²) < 4.78 is 5.95. The van der Waals surface area contributed by atoms with Gasteiger partial charge in [-0.25, -0.2) is 4.79 Å². The number of hydrogen-bond donors (Lipinski definition) is 1. The highest BCUT2D eigenvalue weighted by molar-refractivity contribution is 8.44. The average molecular weight is 440 g/mol. The predicted molar refractivity (Wildman–Crippen MR) is 116 cm³/mol. The second-order valence-corrected chi connectivity index (χ2v) is 12.0. The van der Waals surface area contributed by atoms with Crippen molar-refractivity contribution in [3.05, 3.63) is 63.1 Å². The monoisotopic (exact) mass is 439 g/mol. The van der Waals surface area contributed by atoms with Crippen molar-refractivity contribution in [2.24, 2.45) is 0 Å². The van der Waals surface area contributed by atoms with Crippen LogP contribution in [-0.2, 0) is 13.0 Å². The Morgan fingerprint density at radius 2 is 2.04 bits per heavy atom. The third-order valence-electron chi connectivity index (χ3n) is 5.75. The van der Waals surface area contributed by atoms with Crippen molar-refractivity contribution < 1.29 is 14.6 Å². The van der Waals surface area contributed by atoms with Gasteiger partial charge in [0.05, 0.1) is 0 Å². The fourth-order valence-electron chi connectivity index (χ4n) is 4.07. The molecular formula is C21H23Cl2NO3S. The van der Waals surface area contributed by atoms with Crippen LogP contribution in [-0.4, -0.2) is 39.7 Å². The molecule has 2 unspecified atom stereocenters. The van der Waals surface area contributed by atoms with Gasteiger partial charge in [-0.05, 0) is 54.5 Å². The lowest BCUT2D eigenvalue weighted by atomic mass is 10.1. The molecule has 7 heteroatoms. The predicted octanol–water partition coefficient (Wildman–Crippen LogP) is 5.95. The van der Waals surface area contributed by atoms with Crippen LogP contribution in [0.1, 0.15) is 29.2 Å². The summed E-state index contributed by atoms with van der Waals surface area (Å²) in [6, 6.07) is 12.0. The normalized spacial score (nSPS) is 26.6. The Labute approximate surface area is 176 Å². The molecule has 2 atom stereocenters. The van der Waals surface area contributed by atoms with Gasteiger partial charge >= 0.3 is 5.30 Å². The molecule has 0 amide bonds. The van der Waals surface area contributed by atoms with E-state index in [2.05, 4.69) is 17.0 Å². The number of rotatable bonds is 4. The minimum atomic E-state index is -1.57. The molecule has 0 saturated carbocycles. The van der Waals surface area contributed by atoms with E-state index in [9.17, 15) is 9.90 Å². The molecule has 1 N–H and O–H groups in total. The summed E-state index contributed by atoms with van der Waals surface area (Å²) in [4.78, 5) is 13.9. The van der Waals surface area contributed by atoms with Gasteiger partial charge in [0.2, 0.25) is 0 Å². The van der Waals surface area contributed by atoms with Gasteiger partial charge in [-0.15, -0.1) is 10.0 Å². The Morgan fingerprint density at radius 3 is 2.71 bits per heavy atom. The number of carbonyl (C=O) groups is 1. The van der Waals surface area contributed by atoms with Crippen LogP contribution in [0.2, 0.25) is 10.0 Å². The van der Waals surface area contributed by atoms with E-state index in [1.165, 1.54) is 11.1 Å². The number of nitrogens with zero attached hydrogens (tertiary/aromatic N) is 1. The molecule has 28 heavy (non-hydrogen) atoms. The van der Waals surface area contributed by atoms with Crippen LogP contribution in [0.15, 0.2) is 36.4 Å². The lowest BCUT2D eigenvalue weighted by Gasteiger charge is -2.28. The summed E-state index contributed by atoms with van der Waals surface area (Å²) in [5, 5.41) is 10.1. The van der Waals surface area contributed by atoms with E-state index in [-0.39, 0.29) is 0 Å². The van der Waals surface area contributed by atoms with Crippen molar-refractivity contribution in [3.8, 4) is 5.75 Å². The molecule has 1 aliphatic carbocycles. The number of benzene rings is 2. The van der Waals surface area contributed by atoms with Gasteiger partial charge in [-0.3, -0.25) is 4.90 Å². The topological polar surface area (TPSA) is 49.8 Å². The highest BCUT2D eigenvalue weighted by Crippen LogP contribution is 2.52. The first-order valence-corrected chi connectivity index (χ1v) is 12.4. The molecule has 1 fully saturated rings. The van der Waals surface area contributed by atoms with E-state index in [4.69, 9.17) is 27.9 Å². The van der Waals surface area contributed by atoms with Gasteiger partial charge < -0.3 is 9.84 Å².